The monoisotopic (exact) mass is 873 g/mol. The van der Waals surface area contributed by atoms with Gasteiger partial charge in [-0.25, -0.2) is 0 Å². The SMILES string of the molecule is CC.CC.CC.CC.CC.Cc1cc2c(C)c(C)oc2o1.Cc1cc2c(C)c(C)oc2o1.Cc1cc2cc(C)oc2o1.Cc1coc2occ(C)c12.Cc1oc2occ(C)c2c1C. The van der Waals surface area contributed by atoms with Crippen molar-refractivity contribution >= 4 is 55.8 Å². The minimum Gasteiger partial charge on any atom is -0.433 e. The molecule has 10 heterocycles. The lowest BCUT2D eigenvalue weighted by Crippen LogP contribution is -1.71. The lowest BCUT2D eigenvalue weighted by Gasteiger charge is -1.85. The van der Waals surface area contributed by atoms with Crippen LogP contribution in [0, 0.1) is 90.0 Å². The standard InChI is InChI=1S/3C9H10O2.2C8H8O2.5C2H6/c1-5-4-10-9-8(5)6(2)7(3)11-9;2*1-5-4-8-6(2)7(3)11-9(8)10-5;1-5-3-9-8-7(5)6(2)4-10-8;1-5-3-7-4-6(2)10-8(7)9-5;5*1-2/h3*4H,1-3H3;2*3-4H,1-2H3;5*1-2H3. The van der Waals surface area contributed by atoms with Crippen molar-refractivity contribution in [3.05, 3.63) is 117 Å². The average Bonchev–Trinajstić information content (AvgIpc) is 4.19. The van der Waals surface area contributed by atoms with Gasteiger partial charge in [-0.1, -0.05) is 69.2 Å². The summed E-state index contributed by atoms with van der Waals surface area (Å²) in [6.07, 6.45) is 5.14. The zero-order chi connectivity index (χ0) is 48.3. The van der Waals surface area contributed by atoms with E-state index in [1.54, 1.807) is 18.8 Å². The van der Waals surface area contributed by atoms with Crippen molar-refractivity contribution < 1.29 is 44.2 Å². The van der Waals surface area contributed by atoms with E-state index in [1.807, 2.05) is 184 Å². The Kier molecular flexibility index (Phi) is 23.2. The zero-order valence-corrected chi connectivity index (χ0v) is 42.6. The molecule has 0 atom stereocenters. The molecule has 0 radical (unpaired) electrons. The van der Waals surface area contributed by atoms with Gasteiger partial charge in [-0.15, -0.1) is 0 Å². The van der Waals surface area contributed by atoms with Gasteiger partial charge in [0.25, 0.3) is 28.9 Å². The van der Waals surface area contributed by atoms with E-state index in [2.05, 4.69) is 0 Å². The molecule has 0 fully saturated rings. The molecule has 0 spiro atoms. The zero-order valence-electron chi connectivity index (χ0n) is 42.6. The quantitative estimate of drug-likeness (QED) is 0.145. The molecule has 0 aromatic carbocycles. The Balaban J connectivity index is 0.000000375. The van der Waals surface area contributed by atoms with Gasteiger partial charge in [0.05, 0.1) is 45.7 Å². The van der Waals surface area contributed by atoms with Crippen molar-refractivity contribution in [1.82, 2.24) is 0 Å². The molecule has 0 aliphatic rings. The Bertz CT molecular complexity index is 2600. The molecule has 0 saturated carbocycles. The minimum absolute atomic E-state index is 0.634. The molecule has 10 nitrogen and oxygen atoms in total. The predicted molar refractivity (Wildman–Crippen MR) is 261 cm³/mol. The van der Waals surface area contributed by atoms with Crippen molar-refractivity contribution in [3.8, 4) is 0 Å². The molecule has 10 aromatic rings. The van der Waals surface area contributed by atoms with Gasteiger partial charge in [-0.2, -0.15) is 0 Å². The van der Waals surface area contributed by atoms with Gasteiger partial charge in [-0.3, -0.25) is 0 Å². The lowest BCUT2D eigenvalue weighted by molar-refractivity contribution is 0.447. The number of hydrogen-bond donors (Lipinski definition) is 0. The molecule has 0 bridgehead atoms. The lowest BCUT2D eigenvalue weighted by atomic mass is 10.1. The van der Waals surface area contributed by atoms with Gasteiger partial charge in [-0.05, 0) is 131 Å². The summed E-state index contributed by atoms with van der Waals surface area (Å²) in [5.41, 5.74) is 6.97. The Morgan fingerprint density at radius 3 is 0.921 bits per heavy atom. The van der Waals surface area contributed by atoms with Crippen LogP contribution in [0.15, 0.2) is 87.2 Å². The fourth-order valence-electron chi connectivity index (χ4n) is 6.07. The van der Waals surface area contributed by atoms with Crippen LogP contribution in [0.2, 0.25) is 0 Å². The Morgan fingerprint density at radius 1 is 0.286 bits per heavy atom. The molecule has 10 rings (SSSR count). The summed E-state index contributed by atoms with van der Waals surface area (Å²) in [7, 11) is 0. The van der Waals surface area contributed by atoms with Gasteiger partial charge in [0.1, 0.15) is 40.3 Å². The minimum atomic E-state index is 0.634. The van der Waals surface area contributed by atoms with E-state index >= 15 is 0 Å². The van der Waals surface area contributed by atoms with Crippen LogP contribution in [0.5, 0.6) is 0 Å². The summed E-state index contributed by atoms with van der Waals surface area (Å²) in [6, 6.07) is 7.93. The highest BCUT2D eigenvalue weighted by molar-refractivity contribution is 5.82. The molecule has 63 heavy (non-hydrogen) atoms. The largest absolute Gasteiger partial charge is 0.433 e. The maximum absolute atomic E-state index is 5.35. The Labute approximate surface area is 374 Å². The molecule has 0 N–H and O–H groups in total. The topological polar surface area (TPSA) is 131 Å². The first-order chi connectivity index (χ1) is 30.1. The van der Waals surface area contributed by atoms with Gasteiger partial charge in [0, 0.05) is 16.7 Å². The third kappa shape index (κ3) is 13.8. The highest BCUT2D eigenvalue weighted by Crippen LogP contribution is 2.30. The van der Waals surface area contributed by atoms with Crippen molar-refractivity contribution in [2.75, 3.05) is 0 Å². The van der Waals surface area contributed by atoms with E-state index in [-0.39, 0.29) is 0 Å². The van der Waals surface area contributed by atoms with Crippen LogP contribution in [0.4, 0.5) is 0 Å². The van der Waals surface area contributed by atoms with E-state index in [1.165, 1.54) is 16.7 Å². The predicted octanol–water partition coefficient (Wildman–Crippen LogP) is 19.3. The second-order valence-corrected chi connectivity index (χ2v) is 13.5. The van der Waals surface area contributed by atoms with Gasteiger partial charge >= 0.3 is 0 Å². The molecular formula is C53H76O10. The summed E-state index contributed by atoms with van der Waals surface area (Å²) < 4.78 is 52.5. The molecule has 348 valence electrons. The second kappa shape index (κ2) is 26.5. The van der Waals surface area contributed by atoms with Crippen molar-refractivity contribution in [3.63, 3.8) is 0 Å². The normalized spacial score (nSPS) is 9.83. The average molecular weight is 873 g/mol. The fourth-order valence-corrected chi connectivity index (χ4v) is 6.07. The smallest absolute Gasteiger partial charge is 0.297 e. The molecule has 0 aliphatic carbocycles. The molecular weight excluding hydrogens is 797 g/mol. The number of hydrogen-bond acceptors (Lipinski definition) is 10. The summed E-state index contributed by atoms with van der Waals surface area (Å²) >= 11 is 0. The fraction of sp³-hybridized carbons (Fsp3) is 0.434. The van der Waals surface area contributed by atoms with Crippen LogP contribution in [0.25, 0.3) is 55.8 Å². The number of rotatable bonds is 0. The molecule has 0 aliphatic heterocycles. The van der Waals surface area contributed by atoms with Crippen molar-refractivity contribution in [2.45, 2.75) is 159 Å². The second-order valence-electron chi connectivity index (χ2n) is 13.5. The molecule has 10 heteroatoms. The highest BCUT2D eigenvalue weighted by Gasteiger charge is 2.13. The number of furan rings is 10. The van der Waals surface area contributed by atoms with Gasteiger partial charge in [0.15, 0.2) is 0 Å². The summed E-state index contributed by atoms with van der Waals surface area (Å²) in [5.74, 6) is 9.66. The summed E-state index contributed by atoms with van der Waals surface area (Å²) in [6.45, 7) is 45.7. The van der Waals surface area contributed by atoms with Crippen molar-refractivity contribution in [2.24, 2.45) is 0 Å². The molecule has 0 unspecified atom stereocenters. The van der Waals surface area contributed by atoms with Crippen LogP contribution in [-0.4, -0.2) is 0 Å². The van der Waals surface area contributed by atoms with E-state index in [4.69, 9.17) is 44.2 Å². The Hall–Kier alpha value is -5.90. The molecule has 0 amide bonds. The first-order valence-corrected chi connectivity index (χ1v) is 22.4. The van der Waals surface area contributed by atoms with Crippen LogP contribution < -0.4 is 0 Å². The molecule has 10 aromatic heterocycles. The maximum Gasteiger partial charge on any atom is 0.297 e. The number of aryl methyl sites for hydroxylation is 13. The summed E-state index contributed by atoms with van der Waals surface area (Å²) in [4.78, 5) is 0. The third-order valence-electron chi connectivity index (χ3n) is 9.23. The number of fused-ring (bicyclic) bond motifs is 5. The van der Waals surface area contributed by atoms with Crippen LogP contribution in [0.1, 0.15) is 143 Å². The maximum atomic E-state index is 5.35. The van der Waals surface area contributed by atoms with Crippen molar-refractivity contribution in [1.29, 1.82) is 0 Å². The van der Waals surface area contributed by atoms with E-state index in [0.29, 0.717) is 28.9 Å². The third-order valence-corrected chi connectivity index (χ3v) is 9.23. The van der Waals surface area contributed by atoms with Gasteiger partial charge < -0.3 is 44.2 Å². The van der Waals surface area contributed by atoms with E-state index < -0.39 is 0 Å². The van der Waals surface area contributed by atoms with E-state index in [0.717, 1.165) is 83.9 Å². The Morgan fingerprint density at radius 2 is 0.587 bits per heavy atom. The molecule has 0 saturated heterocycles. The van der Waals surface area contributed by atoms with Gasteiger partial charge in [0.2, 0.25) is 0 Å². The highest BCUT2D eigenvalue weighted by atomic mass is 16.5. The van der Waals surface area contributed by atoms with Crippen LogP contribution in [-0.2, 0) is 0 Å². The first-order valence-electron chi connectivity index (χ1n) is 22.4. The first kappa shape index (κ1) is 55.1. The van der Waals surface area contributed by atoms with Crippen LogP contribution in [0.3, 0.4) is 0 Å². The van der Waals surface area contributed by atoms with E-state index in [9.17, 15) is 0 Å². The summed E-state index contributed by atoms with van der Waals surface area (Å²) in [5, 5.41) is 5.48. The van der Waals surface area contributed by atoms with Crippen LogP contribution >= 0.6 is 0 Å².